The topological polar surface area (TPSA) is 27.6 Å². The molecule has 25 heavy (non-hydrogen) atoms. The third-order valence-electron chi connectivity index (χ3n) is 4.52. The van der Waals surface area contributed by atoms with Gasteiger partial charge in [-0.15, -0.1) is 12.4 Å². The van der Waals surface area contributed by atoms with Gasteiger partial charge in [-0.05, 0) is 28.5 Å². The lowest BCUT2D eigenvalue weighted by molar-refractivity contribution is 0.419. The lowest BCUT2D eigenvalue weighted by Crippen LogP contribution is -2.31. The van der Waals surface area contributed by atoms with Gasteiger partial charge in [0.15, 0.2) is 5.96 Å². The molecule has 3 aromatic carbocycles. The van der Waals surface area contributed by atoms with Gasteiger partial charge >= 0.3 is 0 Å². The van der Waals surface area contributed by atoms with E-state index >= 15 is 0 Å². The van der Waals surface area contributed by atoms with Crippen LogP contribution in [0.25, 0.3) is 10.8 Å². The Kier molecular flexibility index (Phi) is 5.16. The highest BCUT2D eigenvalue weighted by molar-refractivity contribution is 6.33. The Morgan fingerprint density at radius 1 is 1.00 bits per heavy atom. The van der Waals surface area contributed by atoms with Crippen molar-refractivity contribution in [2.45, 2.75) is 6.04 Å². The number of halogens is 2. The van der Waals surface area contributed by atoms with Gasteiger partial charge in [0, 0.05) is 7.05 Å². The second-order valence-electron chi connectivity index (χ2n) is 5.96. The van der Waals surface area contributed by atoms with Crippen molar-refractivity contribution < 1.29 is 0 Å². The number of benzene rings is 3. The van der Waals surface area contributed by atoms with Gasteiger partial charge < -0.3 is 10.2 Å². The number of hydrogen-bond donors (Lipinski definition) is 1. The second-order valence-corrected chi connectivity index (χ2v) is 6.37. The van der Waals surface area contributed by atoms with Gasteiger partial charge in [-0.1, -0.05) is 66.2 Å². The van der Waals surface area contributed by atoms with Crippen LogP contribution in [0.3, 0.4) is 0 Å². The average Bonchev–Trinajstić information content (AvgIpc) is 2.97. The summed E-state index contributed by atoms with van der Waals surface area (Å²) in [5.74, 6) is 0.848. The molecule has 128 valence electrons. The van der Waals surface area contributed by atoms with E-state index in [1.54, 1.807) is 0 Å². The standard InChI is InChI=1S/C20H18ClN3.ClH/c1-24-19(16-10-6-8-14-7-2-3-9-15(14)16)13-22-20(24)23-18-12-5-4-11-17(18)21;/h2-12,19H,13H2,1H3,(H,22,23);1H. The molecule has 1 aliphatic rings. The molecular weight excluding hydrogens is 353 g/mol. The Hall–Kier alpha value is -2.23. The molecule has 1 aliphatic heterocycles. The van der Waals surface area contributed by atoms with Gasteiger partial charge in [-0.2, -0.15) is 0 Å². The number of nitrogens with one attached hydrogen (secondary N) is 1. The van der Waals surface area contributed by atoms with Crippen molar-refractivity contribution in [1.82, 2.24) is 4.90 Å². The molecule has 0 spiro atoms. The fourth-order valence-electron chi connectivity index (χ4n) is 3.21. The van der Waals surface area contributed by atoms with Crippen LogP contribution >= 0.6 is 24.0 Å². The van der Waals surface area contributed by atoms with Crippen LogP contribution in [-0.2, 0) is 0 Å². The molecule has 1 heterocycles. The molecular formula is C20H19Cl2N3. The summed E-state index contributed by atoms with van der Waals surface area (Å²) in [5, 5.41) is 6.59. The van der Waals surface area contributed by atoms with Crippen LogP contribution in [0.1, 0.15) is 11.6 Å². The number of nitrogens with zero attached hydrogens (tertiary/aromatic N) is 2. The van der Waals surface area contributed by atoms with Crippen molar-refractivity contribution in [2.24, 2.45) is 4.99 Å². The first kappa shape index (κ1) is 17.6. The number of fused-ring (bicyclic) bond motifs is 1. The minimum absolute atomic E-state index is 0. The summed E-state index contributed by atoms with van der Waals surface area (Å²) in [5.41, 5.74) is 2.18. The van der Waals surface area contributed by atoms with Crippen molar-refractivity contribution in [2.75, 3.05) is 18.9 Å². The fraction of sp³-hybridized carbons (Fsp3) is 0.150. The molecule has 0 amide bonds. The summed E-state index contributed by atoms with van der Waals surface area (Å²) >= 11 is 6.25. The van der Waals surface area contributed by atoms with E-state index in [2.05, 4.69) is 59.7 Å². The number of aliphatic imine (C=N–C) groups is 1. The molecule has 1 unspecified atom stereocenters. The number of likely N-dealkylation sites (N-methyl/N-ethyl adjacent to an activating group) is 1. The first-order valence-corrected chi connectivity index (χ1v) is 8.38. The van der Waals surface area contributed by atoms with E-state index in [9.17, 15) is 0 Å². The highest BCUT2D eigenvalue weighted by Gasteiger charge is 2.27. The number of guanidine groups is 1. The van der Waals surface area contributed by atoms with Gasteiger partial charge in [0.25, 0.3) is 0 Å². The molecule has 0 radical (unpaired) electrons. The number of hydrogen-bond acceptors (Lipinski definition) is 3. The van der Waals surface area contributed by atoms with Crippen molar-refractivity contribution in [3.05, 3.63) is 77.3 Å². The van der Waals surface area contributed by atoms with Crippen LogP contribution in [0.5, 0.6) is 0 Å². The lowest BCUT2D eigenvalue weighted by atomic mass is 9.98. The second kappa shape index (κ2) is 7.34. The fourth-order valence-corrected chi connectivity index (χ4v) is 3.40. The molecule has 1 N–H and O–H groups in total. The van der Waals surface area contributed by atoms with Crippen LogP contribution in [-0.4, -0.2) is 24.5 Å². The van der Waals surface area contributed by atoms with Crippen LogP contribution in [0.2, 0.25) is 5.02 Å². The average molecular weight is 372 g/mol. The lowest BCUT2D eigenvalue weighted by Gasteiger charge is -2.25. The molecule has 5 heteroatoms. The zero-order chi connectivity index (χ0) is 16.5. The van der Waals surface area contributed by atoms with Crippen molar-refractivity contribution in [3.8, 4) is 0 Å². The maximum Gasteiger partial charge on any atom is 0.198 e. The minimum atomic E-state index is 0. The van der Waals surface area contributed by atoms with Gasteiger partial charge in [0.2, 0.25) is 0 Å². The zero-order valence-electron chi connectivity index (χ0n) is 13.8. The Labute approximate surface area is 158 Å². The maximum absolute atomic E-state index is 6.25. The Balaban J connectivity index is 0.00000182. The normalized spacial score (nSPS) is 16.5. The quantitative estimate of drug-likeness (QED) is 0.655. The summed E-state index contributed by atoms with van der Waals surface area (Å²) in [6.45, 7) is 0.733. The molecule has 0 aromatic heterocycles. The summed E-state index contributed by atoms with van der Waals surface area (Å²) in [6.07, 6.45) is 0. The zero-order valence-corrected chi connectivity index (χ0v) is 15.4. The Morgan fingerprint density at radius 3 is 2.56 bits per heavy atom. The molecule has 3 nitrogen and oxygen atoms in total. The number of rotatable bonds is 2. The molecule has 0 saturated heterocycles. The van der Waals surface area contributed by atoms with Gasteiger partial charge in [0.05, 0.1) is 23.3 Å². The predicted molar refractivity (Wildman–Crippen MR) is 109 cm³/mol. The molecule has 0 aliphatic carbocycles. The van der Waals surface area contributed by atoms with E-state index in [1.165, 1.54) is 16.3 Å². The number of para-hydroxylation sites is 1. The Bertz CT molecular complexity index is 918. The van der Waals surface area contributed by atoms with Crippen molar-refractivity contribution >= 4 is 46.4 Å². The predicted octanol–water partition coefficient (Wildman–Crippen LogP) is 5.37. The summed E-state index contributed by atoms with van der Waals surface area (Å²) < 4.78 is 0. The minimum Gasteiger partial charge on any atom is -0.337 e. The summed E-state index contributed by atoms with van der Waals surface area (Å²) in [7, 11) is 2.07. The van der Waals surface area contributed by atoms with Crippen LogP contribution < -0.4 is 5.32 Å². The van der Waals surface area contributed by atoms with Crippen LogP contribution in [0, 0.1) is 0 Å². The van der Waals surface area contributed by atoms with E-state index < -0.39 is 0 Å². The third-order valence-corrected chi connectivity index (χ3v) is 4.85. The molecule has 0 saturated carbocycles. The van der Waals surface area contributed by atoms with E-state index in [0.717, 1.165) is 18.2 Å². The molecule has 1 atom stereocenters. The SMILES string of the molecule is CN1C(Nc2ccccc2Cl)=NCC1c1cccc2ccccc12.Cl. The molecule has 4 rings (SSSR count). The molecule has 0 bridgehead atoms. The first-order chi connectivity index (χ1) is 11.7. The van der Waals surface area contributed by atoms with Crippen molar-refractivity contribution in [1.29, 1.82) is 0 Å². The summed E-state index contributed by atoms with van der Waals surface area (Å²) in [4.78, 5) is 6.88. The van der Waals surface area contributed by atoms with E-state index in [0.29, 0.717) is 5.02 Å². The van der Waals surface area contributed by atoms with Gasteiger partial charge in [-0.25, -0.2) is 0 Å². The monoisotopic (exact) mass is 371 g/mol. The van der Waals surface area contributed by atoms with Gasteiger partial charge in [-0.3, -0.25) is 4.99 Å². The first-order valence-electron chi connectivity index (χ1n) is 8.00. The van der Waals surface area contributed by atoms with E-state index in [4.69, 9.17) is 16.6 Å². The van der Waals surface area contributed by atoms with E-state index in [1.807, 2.05) is 24.3 Å². The number of anilines is 1. The third kappa shape index (κ3) is 3.30. The largest absolute Gasteiger partial charge is 0.337 e. The van der Waals surface area contributed by atoms with Gasteiger partial charge in [0.1, 0.15) is 0 Å². The van der Waals surface area contributed by atoms with E-state index in [-0.39, 0.29) is 18.4 Å². The van der Waals surface area contributed by atoms with Crippen LogP contribution in [0.4, 0.5) is 5.69 Å². The highest BCUT2D eigenvalue weighted by atomic mass is 35.5. The van der Waals surface area contributed by atoms with Crippen molar-refractivity contribution in [3.63, 3.8) is 0 Å². The summed E-state index contributed by atoms with van der Waals surface area (Å²) in [6, 6.07) is 22.9. The molecule has 0 fully saturated rings. The van der Waals surface area contributed by atoms with Crippen LogP contribution in [0.15, 0.2) is 71.7 Å². The highest BCUT2D eigenvalue weighted by Crippen LogP contribution is 2.32. The smallest absolute Gasteiger partial charge is 0.198 e. The Morgan fingerprint density at radius 2 is 1.72 bits per heavy atom. The maximum atomic E-state index is 6.25. The molecule has 3 aromatic rings.